The van der Waals surface area contributed by atoms with Crippen LogP contribution in [-0.2, 0) is 26.2 Å². The second-order valence-electron chi connectivity index (χ2n) is 9.41. The highest BCUT2D eigenvalue weighted by molar-refractivity contribution is 6.03. The Morgan fingerprint density at radius 2 is 2.10 bits per heavy atom. The van der Waals surface area contributed by atoms with Crippen LogP contribution in [0.2, 0.25) is 0 Å². The molecule has 1 aromatic rings. The molecule has 6 nitrogen and oxygen atoms in total. The molecule has 1 saturated heterocycles. The van der Waals surface area contributed by atoms with Gasteiger partial charge in [-0.2, -0.15) is 0 Å². The zero-order chi connectivity index (χ0) is 21.3. The van der Waals surface area contributed by atoms with Crippen LogP contribution in [0.15, 0.2) is 18.2 Å². The second-order valence-corrected chi connectivity index (χ2v) is 9.41. The van der Waals surface area contributed by atoms with Crippen molar-refractivity contribution in [3.63, 3.8) is 0 Å². The first-order valence-electron chi connectivity index (χ1n) is 11.2. The van der Waals surface area contributed by atoms with Gasteiger partial charge in [-0.15, -0.1) is 0 Å². The van der Waals surface area contributed by atoms with Crippen LogP contribution in [0.4, 0.5) is 0 Å². The Morgan fingerprint density at radius 1 is 1.30 bits per heavy atom. The number of rotatable bonds is 9. The van der Waals surface area contributed by atoms with E-state index < -0.39 is 0 Å². The lowest BCUT2D eigenvalue weighted by Crippen LogP contribution is -2.61. The van der Waals surface area contributed by atoms with Gasteiger partial charge in [0.05, 0.1) is 19.3 Å². The predicted molar refractivity (Wildman–Crippen MR) is 115 cm³/mol. The van der Waals surface area contributed by atoms with Gasteiger partial charge in [0.15, 0.2) is 5.78 Å². The number of methoxy groups -OCH3 is 1. The number of ketones is 1. The van der Waals surface area contributed by atoms with Crippen LogP contribution in [0.5, 0.6) is 0 Å². The van der Waals surface area contributed by atoms with E-state index >= 15 is 0 Å². The zero-order valence-electron chi connectivity index (χ0n) is 18.4. The maximum Gasteiger partial charge on any atom is 0.246 e. The van der Waals surface area contributed by atoms with Crippen LogP contribution in [0.3, 0.4) is 0 Å². The molecule has 1 aromatic carbocycles. The lowest BCUT2D eigenvalue weighted by atomic mass is 9.58. The fraction of sp³-hybridized carbons (Fsp3) is 0.667. The molecule has 0 radical (unpaired) electrons. The van der Waals surface area contributed by atoms with Crippen LogP contribution in [0.1, 0.15) is 54.6 Å². The Kier molecular flexibility index (Phi) is 6.28. The molecule has 164 valence electrons. The molecule has 1 N–H and O–H groups in total. The van der Waals surface area contributed by atoms with E-state index in [1.54, 1.807) is 7.11 Å². The molecule has 2 fully saturated rings. The normalized spacial score (nSPS) is 28.3. The molecule has 3 unspecified atom stereocenters. The summed E-state index contributed by atoms with van der Waals surface area (Å²) in [5.41, 5.74) is 3.06. The summed E-state index contributed by atoms with van der Waals surface area (Å²) < 4.78 is 10.2. The highest BCUT2D eigenvalue weighted by Gasteiger charge is 2.52. The summed E-state index contributed by atoms with van der Waals surface area (Å²) in [7, 11) is 1.60. The van der Waals surface area contributed by atoms with Gasteiger partial charge in [-0.1, -0.05) is 32.0 Å². The van der Waals surface area contributed by atoms with Crippen molar-refractivity contribution in [2.75, 3.05) is 40.0 Å². The molecular formula is C24H34N2O4. The van der Waals surface area contributed by atoms with E-state index in [9.17, 15) is 9.59 Å². The minimum Gasteiger partial charge on any atom is -0.382 e. The minimum absolute atomic E-state index is 0.00273. The van der Waals surface area contributed by atoms with E-state index in [2.05, 4.69) is 30.1 Å². The third-order valence-electron chi connectivity index (χ3n) is 7.37. The van der Waals surface area contributed by atoms with E-state index in [1.165, 1.54) is 12.8 Å². The van der Waals surface area contributed by atoms with E-state index in [0.717, 1.165) is 42.1 Å². The molecule has 4 rings (SSSR count). The van der Waals surface area contributed by atoms with Gasteiger partial charge in [-0.05, 0) is 54.2 Å². The first-order valence-corrected chi connectivity index (χ1v) is 11.2. The summed E-state index contributed by atoms with van der Waals surface area (Å²) in [6.07, 6.45) is 3.69. The van der Waals surface area contributed by atoms with Gasteiger partial charge in [-0.25, -0.2) is 0 Å². The predicted octanol–water partition coefficient (Wildman–Crippen LogP) is 2.54. The highest BCUT2D eigenvalue weighted by atomic mass is 16.5. The molecule has 30 heavy (non-hydrogen) atoms. The van der Waals surface area contributed by atoms with E-state index in [0.29, 0.717) is 25.7 Å². The monoisotopic (exact) mass is 414 g/mol. The van der Waals surface area contributed by atoms with Crippen LogP contribution < -0.4 is 5.32 Å². The van der Waals surface area contributed by atoms with Crippen molar-refractivity contribution in [1.82, 2.24) is 10.2 Å². The lowest BCUT2D eigenvalue weighted by molar-refractivity contribution is -0.126. The van der Waals surface area contributed by atoms with Gasteiger partial charge in [-0.3, -0.25) is 14.5 Å². The van der Waals surface area contributed by atoms with Crippen molar-refractivity contribution >= 4 is 11.7 Å². The van der Waals surface area contributed by atoms with Gasteiger partial charge < -0.3 is 14.8 Å². The number of hydrogen-bond donors (Lipinski definition) is 1. The number of carbonyl (C=O) groups excluding carboxylic acids is 2. The fourth-order valence-electron chi connectivity index (χ4n) is 5.12. The summed E-state index contributed by atoms with van der Waals surface area (Å²) in [5.74, 6) is 1.22. The van der Waals surface area contributed by atoms with E-state index in [1.807, 2.05) is 12.1 Å². The summed E-state index contributed by atoms with van der Waals surface area (Å²) in [5, 5.41) is 2.91. The van der Waals surface area contributed by atoms with Crippen molar-refractivity contribution in [3.8, 4) is 0 Å². The first kappa shape index (κ1) is 21.5. The summed E-state index contributed by atoms with van der Waals surface area (Å²) in [4.78, 5) is 27.9. The average Bonchev–Trinajstić information content (AvgIpc) is 3.55. The fourth-order valence-corrected chi connectivity index (χ4v) is 5.12. The molecule has 1 aliphatic heterocycles. The number of nitrogens with zero attached hydrogens (tertiary/aromatic N) is 1. The third-order valence-corrected chi connectivity index (χ3v) is 7.37. The van der Waals surface area contributed by atoms with Crippen molar-refractivity contribution in [2.24, 2.45) is 11.8 Å². The van der Waals surface area contributed by atoms with E-state index in [4.69, 9.17) is 9.47 Å². The van der Waals surface area contributed by atoms with Crippen LogP contribution in [0, 0.1) is 11.8 Å². The van der Waals surface area contributed by atoms with Crippen molar-refractivity contribution in [3.05, 3.63) is 34.9 Å². The molecule has 0 spiro atoms. The molecule has 2 aliphatic carbocycles. The smallest absolute Gasteiger partial charge is 0.246 e. The zero-order valence-corrected chi connectivity index (χ0v) is 18.4. The first-order chi connectivity index (χ1) is 14.4. The number of carbonyl (C=O) groups is 2. The number of Topliss-reactive ketones (excluding diaryl/α,β-unsaturated/α-hetero) is 1. The molecular weight excluding hydrogens is 380 g/mol. The molecule has 1 amide bonds. The van der Waals surface area contributed by atoms with Gasteiger partial charge in [0.25, 0.3) is 0 Å². The van der Waals surface area contributed by atoms with Crippen molar-refractivity contribution in [1.29, 1.82) is 0 Å². The standard InChI is InChI=1S/C24H34N2O4/c1-16-22-23(28)19-7-6-18(13-25-21(27)15-30-11-10-29-3)12-20(19)24(16,2)8-9-26(22)14-17-4-5-17/h6-7,12,16-17,22H,4-5,8-11,13-15H2,1-3H3,(H,25,27). The maximum atomic E-state index is 13.4. The summed E-state index contributed by atoms with van der Waals surface area (Å²) in [6.45, 7) is 7.97. The number of likely N-dealkylation sites (tertiary alicyclic amines) is 1. The maximum absolute atomic E-state index is 13.4. The molecule has 2 bridgehead atoms. The number of amides is 1. The van der Waals surface area contributed by atoms with Crippen molar-refractivity contribution in [2.45, 2.75) is 51.1 Å². The molecule has 1 saturated carbocycles. The van der Waals surface area contributed by atoms with Gasteiger partial charge in [0, 0.05) is 25.8 Å². The van der Waals surface area contributed by atoms with Crippen LogP contribution >= 0.6 is 0 Å². The second kappa shape index (κ2) is 8.77. The molecule has 1 heterocycles. The highest BCUT2D eigenvalue weighted by Crippen LogP contribution is 2.49. The van der Waals surface area contributed by atoms with Gasteiger partial charge in [0.1, 0.15) is 6.61 Å². The quantitative estimate of drug-likeness (QED) is 0.629. The summed E-state index contributed by atoms with van der Waals surface area (Å²) in [6, 6.07) is 6.10. The molecule has 3 aliphatic rings. The summed E-state index contributed by atoms with van der Waals surface area (Å²) >= 11 is 0. The molecule has 6 heteroatoms. The van der Waals surface area contributed by atoms with Gasteiger partial charge in [0.2, 0.25) is 5.91 Å². The number of hydrogen-bond acceptors (Lipinski definition) is 5. The molecule has 0 aromatic heterocycles. The Morgan fingerprint density at radius 3 is 2.83 bits per heavy atom. The topological polar surface area (TPSA) is 67.9 Å². The number of fused-ring (bicyclic) bond motifs is 4. The SMILES string of the molecule is COCCOCC(=O)NCc1ccc2c(c1)C1(C)CCN(CC3CC3)C(C2=O)C1C. The lowest BCUT2D eigenvalue weighted by Gasteiger charge is -2.53. The van der Waals surface area contributed by atoms with Gasteiger partial charge >= 0.3 is 0 Å². The Bertz CT molecular complexity index is 806. The number of benzene rings is 1. The molecule has 3 atom stereocenters. The third kappa shape index (κ3) is 4.18. The number of piperidine rings is 1. The Labute approximate surface area is 179 Å². The van der Waals surface area contributed by atoms with Crippen LogP contribution in [-0.4, -0.2) is 62.7 Å². The average molecular weight is 415 g/mol. The largest absolute Gasteiger partial charge is 0.382 e. The van der Waals surface area contributed by atoms with Crippen molar-refractivity contribution < 1.29 is 19.1 Å². The Hall–Kier alpha value is -1.76. The minimum atomic E-state index is -0.145. The van der Waals surface area contributed by atoms with Crippen LogP contribution in [0.25, 0.3) is 0 Å². The number of ether oxygens (including phenoxy) is 2. The number of nitrogens with one attached hydrogen (secondary N) is 1. The Balaban J connectivity index is 1.46. The van der Waals surface area contributed by atoms with E-state index in [-0.39, 0.29) is 29.8 Å².